The molecule has 0 unspecified atom stereocenters. The highest BCUT2D eigenvalue weighted by Crippen LogP contribution is 2.19. The molecule has 7 heteroatoms. The van der Waals surface area contributed by atoms with E-state index in [4.69, 9.17) is 0 Å². The molecule has 1 aliphatic rings. The van der Waals surface area contributed by atoms with Crippen LogP contribution in [-0.2, 0) is 19.6 Å². The zero-order valence-corrected chi connectivity index (χ0v) is 15.4. The molecule has 0 saturated carbocycles. The number of rotatable bonds is 4. The van der Waals surface area contributed by atoms with Crippen LogP contribution >= 0.6 is 0 Å². The van der Waals surface area contributed by atoms with E-state index >= 15 is 0 Å². The van der Waals surface area contributed by atoms with E-state index < -0.39 is 0 Å². The SMILES string of the molecule is Cc1cnc(C(=O)N2CCCn3cnc(CN(C)C(C)C)c3C2)cn1. The fraction of sp³-hybridized carbons (Fsp3) is 0.556. The van der Waals surface area contributed by atoms with Crippen molar-refractivity contribution in [3.8, 4) is 0 Å². The number of hydrogen-bond acceptors (Lipinski definition) is 5. The van der Waals surface area contributed by atoms with E-state index in [2.05, 4.69) is 45.3 Å². The van der Waals surface area contributed by atoms with Crippen molar-refractivity contribution in [3.63, 3.8) is 0 Å². The molecule has 0 spiro atoms. The number of aromatic nitrogens is 4. The zero-order valence-electron chi connectivity index (χ0n) is 15.4. The van der Waals surface area contributed by atoms with Crippen LogP contribution in [0.3, 0.4) is 0 Å². The molecule has 2 aromatic rings. The fourth-order valence-electron chi connectivity index (χ4n) is 2.91. The Bertz CT molecular complexity index is 737. The maximum Gasteiger partial charge on any atom is 0.274 e. The molecule has 0 atom stereocenters. The average Bonchev–Trinajstić information content (AvgIpc) is 2.83. The van der Waals surface area contributed by atoms with Crippen LogP contribution in [-0.4, -0.2) is 54.9 Å². The van der Waals surface area contributed by atoms with Gasteiger partial charge in [-0.05, 0) is 34.2 Å². The summed E-state index contributed by atoms with van der Waals surface area (Å²) < 4.78 is 2.18. The Balaban J connectivity index is 1.81. The second-order valence-electron chi connectivity index (χ2n) is 6.96. The lowest BCUT2D eigenvalue weighted by Gasteiger charge is -2.23. The minimum Gasteiger partial charge on any atom is -0.333 e. The van der Waals surface area contributed by atoms with Crippen molar-refractivity contribution >= 4 is 5.91 Å². The van der Waals surface area contributed by atoms with Crippen molar-refractivity contribution in [2.75, 3.05) is 13.6 Å². The molecule has 134 valence electrons. The number of aryl methyl sites for hydroxylation is 2. The Morgan fingerprint density at radius 3 is 2.72 bits per heavy atom. The average molecular weight is 342 g/mol. The number of amides is 1. The first-order chi connectivity index (χ1) is 12.0. The number of nitrogens with zero attached hydrogens (tertiary/aromatic N) is 6. The molecule has 3 heterocycles. The fourth-order valence-corrected chi connectivity index (χ4v) is 2.91. The molecule has 0 aromatic carbocycles. The highest BCUT2D eigenvalue weighted by atomic mass is 16.2. The van der Waals surface area contributed by atoms with Crippen LogP contribution in [0.5, 0.6) is 0 Å². The summed E-state index contributed by atoms with van der Waals surface area (Å²) in [5.74, 6) is -0.0645. The standard InChI is InChI=1S/C18H26N6O/c1-13(2)22(4)10-16-17-11-23(6-5-7-24(17)12-21-16)18(25)15-9-19-14(3)8-20-15/h8-9,12-13H,5-7,10-11H2,1-4H3. The third kappa shape index (κ3) is 3.87. The summed E-state index contributed by atoms with van der Waals surface area (Å²) in [6.07, 6.45) is 6.01. The lowest BCUT2D eigenvalue weighted by Crippen LogP contribution is -2.32. The van der Waals surface area contributed by atoms with Crippen LogP contribution in [0.25, 0.3) is 0 Å². The molecule has 7 nitrogen and oxygen atoms in total. The first-order valence-corrected chi connectivity index (χ1v) is 8.76. The van der Waals surface area contributed by atoms with Crippen LogP contribution in [0.4, 0.5) is 0 Å². The number of hydrogen-bond donors (Lipinski definition) is 0. The molecular formula is C18H26N6O. The topological polar surface area (TPSA) is 67.2 Å². The van der Waals surface area contributed by atoms with E-state index in [1.165, 1.54) is 0 Å². The van der Waals surface area contributed by atoms with E-state index in [0.29, 0.717) is 18.3 Å². The molecule has 0 radical (unpaired) electrons. The predicted molar refractivity (Wildman–Crippen MR) is 95.0 cm³/mol. The van der Waals surface area contributed by atoms with E-state index in [1.54, 1.807) is 12.4 Å². The van der Waals surface area contributed by atoms with Gasteiger partial charge >= 0.3 is 0 Å². The van der Waals surface area contributed by atoms with Crippen LogP contribution in [0.1, 0.15) is 47.8 Å². The van der Waals surface area contributed by atoms with E-state index in [9.17, 15) is 4.79 Å². The van der Waals surface area contributed by atoms with Gasteiger partial charge in [-0.25, -0.2) is 9.97 Å². The molecule has 1 aliphatic heterocycles. The Labute approximate surface area is 148 Å². The highest BCUT2D eigenvalue weighted by Gasteiger charge is 2.24. The van der Waals surface area contributed by atoms with Crippen molar-refractivity contribution in [1.82, 2.24) is 29.3 Å². The van der Waals surface area contributed by atoms with Gasteiger partial charge in [0.25, 0.3) is 5.91 Å². The number of imidazole rings is 1. The lowest BCUT2D eigenvalue weighted by atomic mass is 10.2. The quantitative estimate of drug-likeness (QED) is 0.848. The first-order valence-electron chi connectivity index (χ1n) is 8.76. The summed E-state index contributed by atoms with van der Waals surface area (Å²) in [6, 6.07) is 0.448. The van der Waals surface area contributed by atoms with E-state index in [-0.39, 0.29) is 5.91 Å². The van der Waals surface area contributed by atoms with Gasteiger partial charge in [-0.1, -0.05) is 0 Å². The van der Waals surface area contributed by atoms with Crippen molar-refractivity contribution in [1.29, 1.82) is 0 Å². The molecule has 2 aromatic heterocycles. The summed E-state index contributed by atoms with van der Waals surface area (Å²) in [4.78, 5) is 30.0. The maximum absolute atomic E-state index is 12.8. The predicted octanol–water partition coefficient (Wildman–Crippen LogP) is 1.87. The van der Waals surface area contributed by atoms with Gasteiger partial charge < -0.3 is 9.47 Å². The smallest absolute Gasteiger partial charge is 0.274 e. The molecular weight excluding hydrogens is 316 g/mol. The van der Waals surface area contributed by atoms with Gasteiger partial charge in [-0.3, -0.25) is 14.7 Å². The third-order valence-corrected chi connectivity index (χ3v) is 4.77. The minimum atomic E-state index is -0.0645. The van der Waals surface area contributed by atoms with Gasteiger partial charge in [0.05, 0.1) is 36.2 Å². The Kier molecular flexibility index (Phi) is 5.13. The second kappa shape index (κ2) is 7.31. The van der Waals surface area contributed by atoms with E-state index in [1.807, 2.05) is 18.2 Å². The molecule has 0 aliphatic carbocycles. The summed E-state index contributed by atoms with van der Waals surface area (Å²) in [7, 11) is 2.10. The summed E-state index contributed by atoms with van der Waals surface area (Å²) >= 11 is 0. The molecule has 0 bridgehead atoms. The Morgan fingerprint density at radius 1 is 1.24 bits per heavy atom. The van der Waals surface area contributed by atoms with Crippen LogP contribution in [0.15, 0.2) is 18.7 Å². The second-order valence-corrected chi connectivity index (χ2v) is 6.96. The molecule has 3 rings (SSSR count). The first kappa shape index (κ1) is 17.5. The molecule has 0 saturated heterocycles. The Hall–Kier alpha value is -2.28. The maximum atomic E-state index is 12.8. The lowest BCUT2D eigenvalue weighted by molar-refractivity contribution is 0.0738. The van der Waals surface area contributed by atoms with E-state index in [0.717, 1.165) is 43.1 Å². The van der Waals surface area contributed by atoms with Crippen molar-refractivity contribution in [2.45, 2.75) is 52.9 Å². The monoisotopic (exact) mass is 342 g/mol. The van der Waals surface area contributed by atoms with Gasteiger partial charge in [0, 0.05) is 31.9 Å². The van der Waals surface area contributed by atoms with Gasteiger partial charge in [0.2, 0.25) is 0 Å². The van der Waals surface area contributed by atoms with Crippen molar-refractivity contribution in [2.24, 2.45) is 0 Å². The van der Waals surface area contributed by atoms with Crippen molar-refractivity contribution < 1.29 is 4.79 Å². The van der Waals surface area contributed by atoms with Gasteiger partial charge in [-0.2, -0.15) is 0 Å². The number of carbonyl (C=O) groups is 1. The summed E-state index contributed by atoms with van der Waals surface area (Å²) in [5, 5.41) is 0. The molecule has 1 amide bonds. The van der Waals surface area contributed by atoms with Crippen LogP contribution in [0, 0.1) is 6.92 Å². The van der Waals surface area contributed by atoms with Gasteiger partial charge in [0.15, 0.2) is 0 Å². The minimum absolute atomic E-state index is 0.0645. The molecule has 0 fully saturated rings. The summed E-state index contributed by atoms with van der Waals surface area (Å²) in [5.41, 5.74) is 3.38. The largest absolute Gasteiger partial charge is 0.333 e. The molecule has 25 heavy (non-hydrogen) atoms. The van der Waals surface area contributed by atoms with Gasteiger partial charge in [0.1, 0.15) is 5.69 Å². The van der Waals surface area contributed by atoms with Crippen LogP contribution in [0.2, 0.25) is 0 Å². The molecule has 0 N–H and O–H groups in total. The number of carbonyl (C=O) groups excluding carboxylic acids is 1. The van der Waals surface area contributed by atoms with Crippen molar-refractivity contribution in [3.05, 3.63) is 41.5 Å². The highest BCUT2D eigenvalue weighted by molar-refractivity contribution is 5.92. The third-order valence-electron chi connectivity index (χ3n) is 4.77. The van der Waals surface area contributed by atoms with Crippen LogP contribution < -0.4 is 0 Å². The summed E-state index contributed by atoms with van der Waals surface area (Å²) in [6.45, 7) is 9.15. The Morgan fingerprint density at radius 2 is 2.04 bits per heavy atom. The van der Waals surface area contributed by atoms with Gasteiger partial charge in [-0.15, -0.1) is 0 Å². The normalized spacial score (nSPS) is 14.7. The zero-order chi connectivity index (χ0) is 18.0. The number of fused-ring (bicyclic) bond motifs is 1.